The van der Waals surface area contributed by atoms with Crippen LogP contribution in [0.2, 0.25) is 0 Å². The van der Waals surface area contributed by atoms with Crippen LogP contribution in [0.5, 0.6) is 0 Å². The normalized spacial score (nSPS) is 12.5. The van der Waals surface area contributed by atoms with Gasteiger partial charge in [0.25, 0.3) is 0 Å². The molecular weight excluding hydrogens is 188 g/mol. The van der Waals surface area contributed by atoms with Gasteiger partial charge in [0.15, 0.2) is 5.12 Å². The summed E-state index contributed by atoms with van der Waals surface area (Å²) in [5.41, 5.74) is 0. The van der Waals surface area contributed by atoms with Crippen LogP contribution in [0.4, 0.5) is 0 Å². The highest BCUT2D eigenvalue weighted by Crippen LogP contribution is 2.18. The van der Waals surface area contributed by atoms with Crippen molar-refractivity contribution in [3.8, 4) is 0 Å². The summed E-state index contributed by atoms with van der Waals surface area (Å²) in [6.45, 7) is 3.47. The molecule has 0 spiro atoms. The quantitative estimate of drug-likeness (QED) is 0.674. The fourth-order valence-electron chi connectivity index (χ4n) is 1.01. The third-order valence-electron chi connectivity index (χ3n) is 1.65. The van der Waals surface area contributed by atoms with Crippen molar-refractivity contribution < 1.29 is 14.7 Å². The van der Waals surface area contributed by atoms with Gasteiger partial charge in [0, 0.05) is 6.92 Å². The smallest absolute Gasteiger partial charge is 0.317 e. The molecule has 1 unspecified atom stereocenters. The molecule has 1 atom stereocenters. The van der Waals surface area contributed by atoms with Gasteiger partial charge in [0.1, 0.15) is 5.25 Å². The van der Waals surface area contributed by atoms with Crippen LogP contribution in [-0.4, -0.2) is 21.4 Å². The van der Waals surface area contributed by atoms with Crippen molar-refractivity contribution >= 4 is 22.8 Å². The Kier molecular flexibility index (Phi) is 6.68. The molecular formula is C9H16O3S. The Morgan fingerprint density at radius 1 is 1.38 bits per heavy atom. The zero-order chi connectivity index (χ0) is 10.3. The van der Waals surface area contributed by atoms with Gasteiger partial charge in [0.2, 0.25) is 0 Å². The summed E-state index contributed by atoms with van der Waals surface area (Å²) in [5.74, 6) is -0.878. The maximum atomic E-state index is 10.7. The Bertz CT molecular complexity index is 180. The van der Waals surface area contributed by atoms with Gasteiger partial charge in [-0.3, -0.25) is 9.59 Å². The largest absolute Gasteiger partial charge is 0.480 e. The number of aliphatic carboxylic acids is 1. The lowest BCUT2D eigenvalue weighted by Gasteiger charge is -2.08. The van der Waals surface area contributed by atoms with E-state index in [9.17, 15) is 9.59 Å². The minimum atomic E-state index is -0.878. The highest BCUT2D eigenvalue weighted by Gasteiger charge is 2.19. The predicted octanol–water partition coefficient (Wildman–Crippen LogP) is 2.30. The lowest BCUT2D eigenvalue weighted by atomic mass is 10.1. The van der Waals surface area contributed by atoms with Crippen LogP contribution in [0.3, 0.4) is 0 Å². The average molecular weight is 204 g/mol. The number of hydrogen-bond acceptors (Lipinski definition) is 3. The molecule has 0 aliphatic carbocycles. The Balaban J connectivity index is 3.81. The Hall–Kier alpha value is -0.510. The number of carboxylic acid groups (broad SMARTS) is 1. The standard InChI is InChI=1S/C9H16O3S/c1-3-4-5-6-8(9(11)12)13-7(2)10/h8H,3-6H2,1-2H3,(H,11,12). The van der Waals surface area contributed by atoms with Gasteiger partial charge in [-0.25, -0.2) is 0 Å². The van der Waals surface area contributed by atoms with E-state index in [1.807, 2.05) is 0 Å². The number of thioether (sulfide) groups is 1. The second-order valence-corrected chi connectivity index (χ2v) is 4.31. The van der Waals surface area contributed by atoms with E-state index in [1.54, 1.807) is 0 Å². The molecule has 0 rings (SSSR count). The molecule has 0 aliphatic heterocycles. The summed E-state index contributed by atoms with van der Waals surface area (Å²) in [6, 6.07) is 0. The average Bonchev–Trinajstić information content (AvgIpc) is 2.02. The molecule has 3 nitrogen and oxygen atoms in total. The number of unbranched alkanes of at least 4 members (excludes halogenated alkanes) is 2. The molecule has 1 N–H and O–H groups in total. The lowest BCUT2D eigenvalue weighted by Crippen LogP contribution is -2.17. The van der Waals surface area contributed by atoms with Gasteiger partial charge in [-0.1, -0.05) is 37.9 Å². The molecule has 0 aliphatic rings. The lowest BCUT2D eigenvalue weighted by molar-refractivity contribution is -0.136. The summed E-state index contributed by atoms with van der Waals surface area (Å²) in [6.07, 6.45) is 3.57. The van der Waals surface area contributed by atoms with Crippen molar-refractivity contribution in [3.05, 3.63) is 0 Å². The summed E-state index contributed by atoms with van der Waals surface area (Å²) in [7, 11) is 0. The first-order chi connectivity index (χ1) is 6.07. The molecule has 0 aromatic rings. The highest BCUT2D eigenvalue weighted by molar-refractivity contribution is 8.14. The molecule has 0 amide bonds. The number of carboxylic acids is 1. The third-order valence-corrected chi connectivity index (χ3v) is 2.71. The second-order valence-electron chi connectivity index (χ2n) is 2.93. The van der Waals surface area contributed by atoms with E-state index >= 15 is 0 Å². The van der Waals surface area contributed by atoms with Crippen LogP contribution in [0, 0.1) is 0 Å². The van der Waals surface area contributed by atoms with Gasteiger partial charge in [-0.05, 0) is 6.42 Å². The van der Waals surface area contributed by atoms with Crippen molar-refractivity contribution in [3.63, 3.8) is 0 Å². The van der Waals surface area contributed by atoms with E-state index < -0.39 is 11.2 Å². The molecule has 4 heteroatoms. The first kappa shape index (κ1) is 12.5. The van der Waals surface area contributed by atoms with Crippen molar-refractivity contribution in [2.75, 3.05) is 0 Å². The minimum absolute atomic E-state index is 0.121. The van der Waals surface area contributed by atoms with Crippen LogP contribution in [0.1, 0.15) is 39.5 Å². The van der Waals surface area contributed by atoms with Crippen LogP contribution in [-0.2, 0) is 9.59 Å². The molecule has 0 saturated heterocycles. The molecule has 0 saturated carbocycles. The van der Waals surface area contributed by atoms with Crippen molar-refractivity contribution in [1.29, 1.82) is 0 Å². The van der Waals surface area contributed by atoms with Gasteiger partial charge in [-0.2, -0.15) is 0 Å². The van der Waals surface area contributed by atoms with E-state index in [-0.39, 0.29) is 5.12 Å². The van der Waals surface area contributed by atoms with Crippen molar-refractivity contribution in [1.82, 2.24) is 0 Å². The highest BCUT2D eigenvalue weighted by atomic mass is 32.2. The Labute approximate surface area is 82.9 Å². The Morgan fingerprint density at radius 2 is 2.00 bits per heavy atom. The van der Waals surface area contributed by atoms with Crippen LogP contribution in [0.25, 0.3) is 0 Å². The number of carbonyl (C=O) groups is 2. The molecule has 0 aromatic carbocycles. The maximum absolute atomic E-state index is 10.7. The summed E-state index contributed by atoms with van der Waals surface area (Å²) < 4.78 is 0. The van der Waals surface area contributed by atoms with Crippen LogP contribution >= 0.6 is 11.8 Å². The minimum Gasteiger partial charge on any atom is -0.480 e. The van der Waals surface area contributed by atoms with Crippen molar-refractivity contribution in [2.45, 2.75) is 44.8 Å². The molecule has 0 heterocycles. The van der Waals surface area contributed by atoms with Crippen LogP contribution < -0.4 is 0 Å². The number of rotatable bonds is 6. The van der Waals surface area contributed by atoms with E-state index in [0.717, 1.165) is 31.0 Å². The molecule has 0 aromatic heterocycles. The van der Waals surface area contributed by atoms with E-state index in [0.29, 0.717) is 6.42 Å². The van der Waals surface area contributed by atoms with E-state index in [2.05, 4.69) is 6.92 Å². The third kappa shape index (κ3) is 6.63. The van der Waals surface area contributed by atoms with E-state index in [4.69, 9.17) is 5.11 Å². The Morgan fingerprint density at radius 3 is 2.38 bits per heavy atom. The monoisotopic (exact) mass is 204 g/mol. The summed E-state index contributed by atoms with van der Waals surface area (Å²) in [5, 5.41) is 8.08. The van der Waals surface area contributed by atoms with Gasteiger partial charge >= 0.3 is 5.97 Å². The van der Waals surface area contributed by atoms with Crippen molar-refractivity contribution in [2.24, 2.45) is 0 Å². The molecule has 0 radical (unpaired) electrons. The number of carbonyl (C=O) groups excluding carboxylic acids is 1. The van der Waals surface area contributed by atoms with Gasteiger partial charge in [-0.15, -0.1) is 0 Å². The zero-order valence-corrected chi connectivity index (χ0v) is 8.89. The summed E-state index contributed by atoms with van der Waals surface area (Å²) in [4.78, 5) is 21.3. The van der Waals surface area contributed by atoms with Gasteiger partial charge in [0.05, 0.1) is 0 Å². The fraction of sp³-hybridized carbons (Fsp3) is 0.778. The maximum Gasteiger partial charge on any atom is 0.317 e. The second kappa shape index (κ2) is 6.95. The first-order valence-electron chi connectivity index (χ1n) is 4.48. The first-order valence-corrected chi connectivity index (χ1v) is 5.36. The number of hydrogen-bond donors (Lipinski definition) is 1. The predicted molar refractivity (Wildman–Crippen MR) is 53.8 cm³/mol. The topological polar surface area (TPSA) is 54.4 Å². The van der Waals surface area contributed by atoms with Crippen LogP contribution in [0.15, 0.2) is 0 Å². The summed E-state index contributed by atoms with van der Waals surface area (Å²) >= 11 is 0.920. The molecule has 0 fully saturated rings. The SMILES string of the molecule is CCCCCC(SC(C)=O)C(=O)O. The zero-order valence-electron chi connectivity index (χ0n) is 8.08. The van der Waals surface area contributed by atoms with E-state index in [1.165, 1.54) is 6.92 Å². The molecule has 0 bridgehead atoms. The van der Waals surface area contributed by atoms with Gasteiger partial charge < -0.3 is 5.11 Å². The molecule has 76 valence electrons. The molecule has 13 heavy (non-hydrogen) atoms. The fourth-order valence-corrected chi connectivity index (χ4v) is 1.80.